The van der Waals surface area contributed by atoms with Crippen molar-refractivity contribution in [2.45, 2.75) is 19.3 Å². The molecule has 2 N–H and O–H groups in total. The van der Waals surface area contributed by atoms with Crippen LogP contribution in [0.4, 0.5) is 4.79 Å². The molecule has 7 heteroatoms. The van der Waals surface area contributed by atoms with Gasteiger partial charge in [-0.25, -0.2) is 14.6 Å². The molecule has 0 radical (unpaired) electrons. The number of nitrogens with one attached hydrogen (secondary N) is 1. The maximum atomic E-state index is 11.7. The van der Waals surface area contributed by atoms with Crippen molar-refractivity contribution in [1.29, 1.82) is 0 Å². The molecule has 1 fully saturated rings. The number of aromatic nitrogens is 1. The Kier molecular flexibility index (Phi) is 4.14. The smallest absolute Gasteiger partial charge is 0.355 e. The van der Waals surface area contributed by atoms with Crippen LogP contribution in [0.1, 0.15) is 28.3 Å². The molecular formula is C11H15N3O3S. The van der Waals surface area contributed by atoms with Crippen molar-refractivity contribution in [3.05, 3.63) is 16.1 Å². The van der Waals surface area contributed by atoms with Crippen molar-refractivity contribution in [3.63, 3.8) is 0 Å². The third-order valence-corrected chi connectivity index (χ3v) is 3.69. The third kappa shape index (κ3) is 3.19. The van der Waals surface area contributed by atoms with E-state index in [1.165, 1.54) is 16.7 Å². The Hall–Kier alpha value is -1.63. The SMILES string of the molecule is O=C(O)c1csc(CCNC(=O)N2CCCC2)n1. The molecule has 0 saturated carbocycles. The Balaban J connectivity index is 1.74. The molecule has 1 aliphatic heterocycles. The highest BCUT2D eigenvalue weighted by atomic mass is 32.1. The van der Waals surface area contributed by atoms with Gasteiger partial charge >= 0.3 is 12.0 Å². The zero-order chi connectivity index (χ0) is 13.0. The lowest BCUT2D eigenvalue weighted by molar-refractivity contribution is 0.0691. The van der Waals surface area contributed by atoms with E-state index in [2.05, 4.69) is 10.3 Å². The van der Waals surface area contributed by atoms with Gasteiger partial charge in [0.05, 0.1) is 5.01 Å². The number of hydrogen-bond donors (Lipinski definition) is 2. The molecule has 2 rings (SSSR count). The van der Waals surface area contributed by atoms with E-state index in [9.17, 15) is 9.59 Å². The van der Waals surface area contributed by atoms with Crippen LogP contribution in [-0.4, -0.2) is 46.6 Å². The largest absolute Gasteiger partial charge is 0.476 e. The second kappa shape index (κ2) is 5.81. The summed E-state index contributed by atoms with van der Waals surface area (Å²) in [4.78, 5) is 28.0. The minimum absolute atomic E-state index is 0.0393. The molecule has 1 aliphatic rings. The van der Waals surface area contributed by atoms with Gasteiger partial charge in [0.1, 0.15) is 0 Å². The number of carboxylic acid groups (broad SMARTS) is 1. The van der Waals surface area contributed by atoms with Crippen LogP contribution in [0, 0.1) is 0 Å². The lowest BCUT2D eigenvalue weighted by Gasteiger charge is -2.15. The third-order valence-electron chi connectivity index (χ3n) is 2.78. The Labute approximate surface area is 109 Å². The van der Waals surface area contributed by atoms with Gasteiger partial charge in [-0.15, -0.1) is 11.3 Å². The highest BCUT2D eigenvalue weighted by molar-refractivity contribution is 7.09. The van der Waals surface area contributed by atoms with Crippen LogP contribution < -0.4 is 5.32 Å². The van der Waals surface area contributed by atoms with E-state index < -0.39 is 5.97 Å². The first-order valence-corrected chi connectivity index (χ1v) is 6.75. The molecule has 0 spiro atoms. The number of thiazole rings is 1. The van der Waals surface area contributed by atoms with Crippen LogP contribution in [-0.2, 0) is 6.42 Å². The van der Waals surface area contributed by atoms with Gasteiger partial charge in [-0.2, -0.15) is 0 Å². The Morgan fingerprint density at radius 3 is 2.78 bits per heavy atom. The highest BCUT2D eigenvalue weighted by Gasteiger charge is 2.17. The average molecular weight is 269 g/mol. The van der Waals surface area contributed by atoms with Crippen LogP contribution in [0.25, 0.3) is 0 Å². The van der Waals surface area contributed by atoms with Crippen LogP contribution in [0.5, 0.6) is 0 Å². The second-order valence-corrected chi connectivity index (χ2v) is 5.05. The molecule has 98 valence electrons. The summed E-state index contributed by atoms with van der Waals surface area (Å²) in [5.41, 5.74) is 0.0702. The lowest BCUT2D eigenvalue weighted by atomic mass is 10.4. The molecule has 0 atom stereocenters. The zero-order valence-electron chi connectivity index (χ0n) is 9.89. The summed E-state index contributed by atoms with van der Waals surface area (Å²) in [6, 6.07) is -0.0393. The van der Waals surface area contributed by atoms with Crippen molar-refractivity contribution in [3.8, 4) is 0 Å². The Morgan fingerprint density at radius 2 is 2.17 bits per heavy atom. The van der Waals surface area contributed by atoms with Gasteiger partial charge in [0.15, 0.2) is 5.69 Å². The molecule has 0 unspecified atom stereocenters. The normalized spacial score (nSPS) is 14.8. The van der Waals surface area contributed by atoms with E-state index in [0.717, 1.165) is 30.9 Å². The summed E-state index contributed by atoms with van der Waals surface area (Å²) in [6.45, 7) is 2.14. The molecule has 18 heavy (non-hydrogen) atoms. The molecule has 2 amide bonds. The molecular weight excluding hydrogens is 254 g/mol. The minimum atomic E-state index is -1.02. The average Bonchev–Trinajstić information content (AvgIpc) is 3.00. The van der Waals surface area contributed by atoms with E-state index in [-0.39, 0.29) is 11.7 Å². The first-order valence-electron chi connectivity index (χ1n) is 5.87. The van der Waals surface area contributed by atoms with E-state index in [1.54, 1.807) is 4.90 Å². The second-order valence-electron chi connectivity index (χ2n) is 4.11. The van der Waals surface area contributed by atoms with Crippen molar-refractivity contribution >= 4 is 23.3 Å². The number of amides is 2. The summed E-state index contributed by atoms with van der Waals surface area (Å²) < 4.78 is 0. The zero-order valence-corrected chi connectivity index (χ0v) is 10.7. The standard InChI is InChI=1S/C11H15N3O3S/c15-10(16)8-7-18-9(13-8)3-4-12-11(17)14-5-1-2-6-14/h7H,1-6H2,(H,12,17)(H,15,16). The van der Waals surface area contributed by atoms with Crippen LogP contribution >= 0.6 is 11.3 Å². The molecule has 1 aromatic rings. The summed E-state index contributed by atoms with van der Waals surface area (Å²) >= 11 is 1.30. The predicted octanol–water partition coefficient (Wildman–Crippen LogP) is 1.19. The van der Waals surface area contributed by atoms with Gasteiger partial charge in [-0.3, -0.25) is 0 Å². The number of carboxylic acids is 1. The molecule has 0 bridgehead atoms. The van der Waals surface area contributed by atoms with E-state index in [4.69, 9.17) is 5.11 Å². The monoisotopic (exact) mass is 269 g/mol. The molecule has 0 aliphatic carbocycles. The van der Waals surface area contributed by atoms with Gasteiger partial charge in [-0.1, -0.05) is 0 Å². The van der Waals surface area contributed by atoms with Gasteiger partial charge in [0.2, 0.25) is 0 Å². The van der Waals surface area contributed by atoms with Crippen molar-refractivity contribution in [2.24, 2.45) is 0 Å². The fraction of sp³-hybridized carbons (Fsp3) is 0.545. The number of rotatable bonds is 4. The fourth-order valence-corrected chi connectivity index (χ4v) is 2.60. The number of hydrogen-bond acceptors (Lipinski definition) is 4. The Bertz CT molecular complexity index is 440. The molecule has 1 saturated heterocycles. The predicted molar refractivity (Wildman–Crippen MR) is 67.0 cm³/mol. The number of urea groups is 1. The number of aromatic carboxylic acids is 1. The van der Waals surface area contributed by atoms with Crippen LogP contribution in [0.15, 0.2) is 5.38 Å². The van der Waals surface area contributed by atoms with Crippen LogP contribution in [0.2, 0.25) is 0 Å². The molecule has 1 aromatic heterocycles. The number of carbonyl (C=O) groups is 2. The van der Waals surface area contributed by atoms with Gasteiger partial charge in [-0.05, 0) is 12.8 Å². The van der Waals surface area contributed by atoms with Gasteiger partial charge in [0.25, 0.3) is 0 Å². The summed E-state index contributed by atoms with van der Waals surface area (Å²) in [7, 11) is 0. The summed E-state index contributed by atoms with van der Waals surface area (Å²) in [5, 5.41) is 13.8. The molecule has 6 nitrogen and oxygen atoms in total. The molecule has 0 aromatic carbocycles. The van der Waals surface area contributed by atoms with Gasteiger partial charge < -0.3 is 15.3 Å². The maximum absolute atomic E-state index is 11.7. The first kappa shape index (κ1) is 12.8. The van der Waals surface area contributed by atoms with Crippen molar-refractivity contribution < 1.29 is 14.7 Å². The van der Waals surface area contributed by atoms with E-state index in [0.29, 0.717) is 13.0 Å². The number of carbonyl (C=O) groups excluding carboxylic acids is 1. The van der Waals surface area contributed by atoms with Crippen molar-refractivity contribution in [2.75, 3.05) is 19.6 Å². The maximum Gasteiger partial charge on any atom is 0.355 e. The first-order chi connectivity index (χ1) is 8.66. The van der Waals surface area contributed by atoms with E-state index in [1.807, 2.05) is 0 Å². The minimum Gasteiger partial charge on any atom is -0.476 e. The fourth-order valence-electron chi connectivity index (χ4n) is 1.83. The Morgan fingerprint density at radius 1 is 1.44 bits per heavy atom. The number of nitrogens with zero attached hydrogens (tertiary/aromatic N) is 2. The quantitative estimate of drug-likeness (QED) is 0.860. The highest BCUT2D eigenvalue weighted by Crippen LogP contribution is 2.10. The molecule has 2 heterocycles. The van der Waals surface area contributed by atoms with E-state index >= 15 is 0 Å². The topological polar surface area (TPSA) is 82.5 Å². The summed E-state index contributed by atoms with van der Waals surface area (Å²) in [5.74, 6) is -1.02. The summed E-state index contributed by atoms with van der Waals surface area (Å²) in [6.07, 6.45) is 2.71. The lowest BCUT2D eigenvalue weighted by Crippen LogP contribution is -2.38. The number of likely N-dealkylation sites (tertiary alicyclic amines) is 1. The van der Waals surface area contributed by atoms with Crippen molar-refractivity contribution in [1.82, 2.24) is 15.2 Å². The van der Waals surface area contributed by atoms with Crippen LogP contribution in [0.3, 0.4) is 0 Å². The van der Waals surface area contributed by atoms with Gasteiger partial charge in [0, 0.05) is 31.4 Å².